The van der Waals surface area contributed by atoms with E-state index in [1.54, 1.807) is 0 Å². The van der Waals surface area contributed by atoms with Crippen molar-refractivity contribution in [2.75, 3.05) is 6.54 Å². The maximum Gasteiger partial charge on any atom is 0.111 e. The van der Waals surface area contributed by atoms with Crippen LogP contribution in [0.2, 0.25) is 0 Å². The van der Waals surface area contributed by atoms with Crippen LogP contribution < -0.4 is 0 Å². The number of hydrogen-bond acceptors (Lipinski definition) is 2. The molecule has 2 nitrogen and oxygen atoms in total. The number of hydrogen-bond donors (Lipinski definition) is 0. The molecule has 1 rings (SSSR count). The van der Waals surface area contributed by atoms with Gasteiger partial charge >= 0.3 is 0 Å². The van der Waals surface area contributed by atoms with Crippen LogP contribution in [0.15, 0.2) is 0 Å². The van der Waals surface area contributed by atoms with Crippen LogP contribution in [-0.4, -0.2) is 23.5 Å². The van der Waals surface area contributed by atoms with Gasteiger partial charge in [-0.2, -0.15) is 5.26 Å². The minimum absolute atomic E-state index is 0.231. The summed E-state index contributed by atoms with van der Waals surface area (Å²) in [6.07, 6.45) is 0. The predicted molar refractivity (Wildman–Crippen MR) is 31.2 cm³/mol. The molecular formula is C6H10N2. The summed E-state index contributed by atoms with van der Waals surface area (Å²) in [5.41, 5.74) is 0. The molecule has 0 radical (unpaired) electrons. The third kappa shape index (κ3) is 0.823. The van der Waals surface area contributed by atoms with E-state index in [4.69, 9.17) is 5.26 Å². The van der Waals surface area contributed by atoms with Gasteiger partial charge in [-0.15, -0.1) is 0 Å². The van der Waals surface area contributed by atoms with E-state index in [0.717, 1.165) is 6.54 Å². The van der Waals surface area contributed by atoms with Crippen molar-refractivity contribution in [2.45, 2.75) is 25.9 Å². The Hall–Kier alpha value is -0.550. The Morgan fingerprint density at radius 3 is 2.50 bits per heavy atom. The highest BCUT2D eigenvalue weighted by atomic mass is 15.3. The molecule has 2 heteroatoms. The Balaban J connectivity index is 2.29. The lowest BCUT2D eigenvalue weighted by atomic mass is 10.4. The first-order valence-electron chi connectivity index (χ1n) is 2.91. The molecule has 1 fully saturated rings. The molecule has 8 heavy (non-hydrogen) atoms. The standard InChI is InChI=1S/C6H10N2/c1-5(2)8-4-6(8)3-7/h5-6H,4H2,1-2H3. The van der Waals surface area contributed by atoms with E-state index < -0.39 is 0 Å². The monoisotopic (exact) mass is 110 g/mol. The molecule has 2 atom stereocenters. The van der Waals surface area contributed by atoms with Crippen molar-refractivity contribution in [1.29, 1.82) is 5.26 Å². The Morgan fingerprint density at radius 1 is 1.75 bits per heavy atom. The smallest absolute Gasteiger partial charge is 0.111 e. The summed E-state index contributed by atoms with van der Waals surface area (Å²) < 4.78 is 0. The summed E-state index contributed by atoms with van der Waals surface area (Å²) >= 11 is 0. The molecule has 0 amide bonds. The van der Waals surface area contributed by atoms with Crippen LogP contribution in [0.1, 0.15) is 13.8 Å². The molecule has 0 spiro atoms. The minimum atomic E-state index is 0.231. The molecule has 0 aromatic rings. The topological polar surface area (TPSA) is 26.8 Å². The summed E-state index contributed by atoms with van der Waals surface area (Å²) in [7, 11) is 0. The van der Waals surface area contributed by atoms with E-state index in [-0.39, 0.29) is 6.04 Å². The maximum atomic E-state index is 8.33. The van der Waals surface area contributed by atoms with E-state index in [9.17, 15) is 0 Å². The fraction of sp³-hybridized carbons (Fsp3) is 0.833. The summed E-state index contributed by atoms with van der Waals surface area (Å²) in [6.45, 7) is 5.20. The normalized spacial score (nSPS) is 34.8. The first-order chi connectivity index (χ1) is 3.75. The molecule has 0 aromatic heterocycles. The van der Waals surface area contributed by atoms with Crippen molar-refractivity contribution in [2.24, 2.45) is 0 Å². The molecule has 0 aliphatic carbocycles. The second kappa shape index (κ2) is 1.75. The predicted octanol–water partition coefficient (Wildman–Crippen LogP) is 0.603. The van der Waals surface area contributed by atoms with Gasteiger partial charge < -0.3 is 0 Å². The third-order valence-electron chi connectivity index (χ3n) is 1.46. The third-order valence-corrected chi connectivity index (χ3v) is 1.46. The van der Waals surface area contributed by atoms with Crippen molar-refractivity contribution in [3.63, 3.8) is 0 Å². The van der Waals surface area contributed by atoms with Gasteiger partial charge in [0.05, 0.1) is 6.07 Å². The second-order valence-corrected chi connectivity index (χ2v) is 2.44. The van der Waals surface area contributed by atoms with Gasteiger partial charge in [0, 0.05) is 12.6 Å². The fourth-order valence-electron chi connectivity index (χ4n) is 0.838. The molecule has 2 unspecified atom stereocenters. The van der Waals surface area contributed by atoms with Crippen molar-refractivity contribution in [1.82, 2.24) is 4.90 Å². The fourth-order valence-corrected chi connectivity index (χ4v) is 0.838. The van der Waals surface area contributed by atoms with Gasteiger partial charge in [0.1, 0.15) is 6.04 Å². The minimum Gasteiger partial charge on any atom is -0.282 e. The Bertz CT molecular complexity index is 123. The lowest BCUT2D eigenvalue weighted by molar-refractivity contribution is 0.442. The zero-order valence-corrected chi connectivity index (χ0v) is 5.26. The average molecular weight is 110 g/mol. The highest BCUT2D eigenvalue weighted by Gasteiger charge is 2.35. The van der Waals surface area contributed by atoms with Gasteiger partial charge in [-0.1, -0.05) is 0 Å². The van der Waals surface area contributed by atoms with Crippen LogP contribution >= 0.6 is 0 Å². The second-order valence-electron chi connectivity index (χ2n) is 2.44. The van der Waals surface area contributed by atoms with Crippen molar-refractivity contribution < 1.29 is 0 Å². The largest absolute Gasteiger partial charge is 0.282 e. The quantitative estimate of drug-likeness (QED) is 0.462. The highest BCUT2D eigenvalue weighted by Crippen LogP contribution is 2.18. The molecule has 44 valence electrons. The number of nitrogens with zero attached hydrogens (tertiary/aromatic N) is 2. The van der Waals surface area contributed by atoms with E-state index in [1.807, 2.05) is 0 Å². The zero-order chi connectivity index (χ0) is 6.15. The Kier molecular flexibility index (Phi) is 1.22. The maximum absolute atomic E-state index is 8.33. The SMILES string of the molecule is CC(C)N1CC1C#N. The van der Waals surface area contributed by atoms with Crippen molar-refractivity contribution in [3.05, 3.63) is 0 Å². The number of rotatable bonds is 1. The molecule has 0 N–H and O–H groups in total. The summed E-state index contributed by atoms with van der Waals surface area (Å²) in [5.74, 6) is 0. The van der Waals surface area contributed by atoms with Gasteiger partial charge in [-0.05, 0) is 13.8 Å². The first kappa shape index (κ1) is 5.58. The van der Waals surface area contributed by atoms with Crippen LogP contribution in [-0.2, 0) is 0 Å². The van der Waals surface area contributed by atoms with E-state index in [2.05, 4.69) is 24.8 Å². The molecule has 0 aromatic carbocycles. The van der Waals surface area contributed by atoms with Gasteiger partial charge in [0.25, 0.3) is 0 Å². The summed E-state index contributed by atoms with van der Waals surface area (Å²) in [6, 6.07) is 2.98. The van der Waals surface area contributed by atoms with Gasteiger partial charge in [-0.3, -0.25) is 4.90 Å². The molecule has 0 saturated carbocycles. The van der Waals surface area contributed by atoms with Gasteiger partial charge in [0.2, 0.25) is 0 Å². The van der Waals surface area contributed by atoms with E-state index >= 15 is 0 Å². The Labute approximate surface area is 49.7 Å². The van der Waals surface area contributed by atoms with Gasteiger partial charge in [0.15, 0.2) is 0 Å². The summed E-state index contributed by atoms with van der Waals surface area (Å²) in [5, 5.41) is 8.33. The van der Waals surface area contributed by atoms with Crippen LogP contribution in [0.4, 0.5) is 0 Å². The average Bonchev–Trinajstić information content (AvgIpc) is 2.42. The molecule has 1 heterocycles. The lowest BCUT2D eigenvalue weighted by Gasteiger charge is -2.01. The number of nitriles is 1. The highest BCUT2D eigenvalue weighted by molar-refractivity contribution is 5.06. The van der Waals surface area contributed by atoms with Crippen LogP contribution in [0.25, 0.3) is 0 Å². The Morgan fingerprint density at radius 2 is 2.38 bits per heavy atom. The molecular weight excluding hydrogens is 100 g/mol. The van der Waals surface area contributed by atoms with Crippen LogP contribution in [0.3, 0.4) is 0 Å². The summed E-state index contributed by atoms with van der Waals surface area (Å²) in [4.78, 5) is 2.15. The van der Waals surface area contributed by atoms with Crippen LogP contribution in [0, 0.1) is 11.3 Å². The van der Waals surface area contributed by atoms with Crippen molar-refractivity contribution >= 4 is 0 Å². The first-order valence-corrected chi connectivity index (χ1v) is 2.91. The molecule has 1 aliphatic heterocycles. The molecule has 0 bridgehead atoms. The van der Waals surface area contributed by atoms with E-state index in [1.165, 1.54) is 0 Å². The lowest BCUT2D eigenvalue weighted by Crippen LogP contribution is -2.10. The van der Waals surface area contributed by atoms with E-state index in [0.29, 0.717) is 6.04 Å². The van der Waals surface area contributed by atoms with Crippen LogP contribution in [0.5, 0.6) is 0 Å². The zero-order valence-electron chi connectivity index (χ0n) is 5.26. The van der Waals surface area contributed by atoms with Crippen molar-refractivity contribution in [3.8, 4) is 6.07 Å². The molecule has 1 aliphatic rings. The molecule has 1 saturated heterocycles. The van der Waals surface area contributed by atoms with Gasteiger partial charge in [-0.25, -0.2) is 0 Å².